The van der Waals surface area contributed by atoms with Crippen LogP contribution in [0.5, 0.6) is 11.5 Å². The van der Waals surface area contributed by atoms with Gasteiger partial charge in [0.1, 0.15) is 0 Å². The average Bonchev–Trinajstić information content (AvgIpc) is 2.93. The van der Waals surface area contributed by atoms with E-state index in [2.05, 4.69) is 23.9 Å². The van der Waals surface area contributed by atoms with E-state index in [0.717, 1.165) is 6.42 Å². The molecule has 0 unspecified atom stereocenters. The molecule has 1 aliphatic rings. The minimum absolute atomic E-state index is 0.00726. The third-order valence-corrected chi connectivity index (χ3v) is 5.99. The lowest BCUT2D eigenvalue weighted by atomic mass is 10.0. The Hall–Kier alpha value is -2.58. The number of nitrogens with one attached hydrogen (secondary N) is 2. The molecule has 156 valence electrons. The number of hydrogen-bond acceptors (Lipinski definition) is 5. The second-order valence-corrected chi connectivity index (χ2v) is 8.90. The SMILES string of the molecule is CC(C)c1ccc(NC(=O)CCNS(=O)(=O)c2ccc3c(c2)OCCCO3)cc1. The van der Waals surface area contributed by atoms with Crippen LogP contribution in [0.3, 0.4) is 0 Å². The van der Waals surface area contributed by atoms with E-state index in [-0.39, 0.29) is 23.8 Å². The van der Waals surface area contributed by atoms with Gasteiger partial charge in [0.2, 0.25) is 15.9 Å². The number of sulfonamides is 1. The molecule has 0 atom stereocenters. The van der Waals surface area contributed by atoms with Gasteiger partial charge in [0.25, 0.3) is 0 Å². The summed E-state index contributed by atoms with van der Waals surface area (Å²) in [6, 6.07) is 12.1. The Kier molecular flexibility index (Phi) is 6.76. The zero-order chi connectivity index (χ0) is 20.9. The van der Waals surface area contributed by atoms with E-state index in [1.165, 1.54) is 17.7 Å². The lowest BCUT2D eigenvalue weighted by Gasteiger charge is -2.11. The first-order valence-electron chi connectivity index (χ1n) is 9.64. The zero-order valence-corrected chi connectivity index (χ0v) is 17.4. The van der Waals surface area contributed by atoms with Gasteiger partial charge in [-0.05, 0) is 35.7 Å². The number of benzene rings is 2. The highest BCUT2D eigenvalue weighted by Crippen LogP contribution is 2.31. The summed E-state index contributed by atoms with van der Waals surface area (Å²) in [6.45, 7) is 5.20. The molecule has 8 heteroatoms. The lowest BCUT2D eigenvalue weighted by Crippen LogP contribution is -2.27. The first-order chi connectivity index (χ1) is 13.8. The van der Waals surface area contributed by atoms with Crippen molar-refractivity contribution in [1.29, 1.82) is 0 Å². The monoisotopic (exact) mass is 418 g/mol. The van der Waals surface area contributed by atoms with Crippen LogP contribution in [0.1, 0.15) is 38.2 Å². The average molecular weight is 419 g/mol. The number of fused-ring (bicyclic) bond motifs is 1. The van der Waals surface area contributed by atoms with Crippen molar-refractivity contribution in [3.63, 3.8) is 0 Å². The van der Waals surface area contributed by atoms with Crippen LogP contribution in [0.2, 0.25) is 0 Å². The van der Waals surface area contributed by atoms with Gasteiger partial charge < -0.3 is 14.8 Å². The maximum absolute atomic E-state index is 12.5. The van der Waals surface area contributed by atoms with E-state index in [0.29, 0.717) is 36.3 Å². The summed E-state index contributed by atoms with van der Waals surface area (Å²) in [4.78, 5) is 12.2. The van der Waals surface area contributed by atoms with E-state index in [9.17, 15) is 13.2 Å². The molecule has 2 N–H and O–H groups in total. The summed E-state index contributed by atoms with van der Waals surface area (Å²) in [7, 11) is -3.75. The van der Waals surface area contributed by atoms with Crippen molar-refractivity contribution in [1.82, 2.24) is 4.72 Å². The number of carbonyl (C=O) groups excluding carboxylic acids is 1. The fraction of sp³-hybridized carbons (Fsp3) is 0.381. The largest absolute Gasteiger partial charge is 0.490 e. The van der Waals surface area contributed by atoms with E-state index < -0.39 is 10.0 Å². The third kappa shape index (κ3) is 5.71. The van der Waals surface area contributed by atoms with Gasteiger partial charge in [-0.3, -0.25) is 4.79 Å². The molecule has 29 heavy (non-hydrogen) atoms. The highest BCUT2D eigenvalue weighted by atomic mass is 32.2. The Bertz CT molecular complexity index is 956. The smallest absolute Gasteiger partial charge is 0.240 e. The Labute approximate surface area is 171 Å². The second kappa shape index (κ2) is 9.28. The predicted molar refractivity (Wildman–Crippen MR) is 111 cm³/mol. The molecule has 0 spiro atoms. The van der Waals surface area contributed by atoms with Gasteiger partial charge in [-0.2, -0.15) is 0 Å². The Morgan fingerprint density at radius 1 is 1.03 bits per heavy atom. The van der Waals surface area contributed by atoms with Crippen molar-refractivity contribution < 1.29 is 22.7 Å². The van der Waals surface area contributed by atoms with Crippen molar-refractivity contribution in [3.05, 3.63) is 48.0 Å². The van der Waals surface area contributed by atoms with Crippen LogP contribution in [-0.4, -0.2) is 34.1 Å². The first-order valence-corrected chi connectivity index (χ1v) is 11.1. The number of rotatable bonds is 7. The Balaban J connectivity index is 1.53. The molecule has 0 fully saturated rings. The molecule has 0 aromatic heterocycles. The molecular formula is C21H26N2O5S. The maximum Gasteiger partial charge on any atom is 0.240 e. The molecule has 0 aliphatic carbocycles. The molecule has 0 saturated heterocycles. The van der Waals surface area contributed by atoms with E-state index in [4.69, 9.17) is 9.47 Å². The summed E-state index contributed by atoms with van der Waals surface area (Å²) >= 11 is 0. The highest BCUT2D eigenvalue weighted by Gasteiger charge is 2.19. The minimum Gasteiger partial charge on any atom is -0.490 e. The number of amides is 1. The molecule has 3 rings (SSSR count). The van der Waals surface area contributed by atoms with E-state index >= 15 is 0 Å². The molecular weight excluding hydrogens is 392 g/mol. The quantitative estimate of drug-likeness (QED) is 0.720. The molecule has 1 heterocycles. The Morgan fingerprint density at radius 3 is 2.41 bits per heavy atom. The van der Waals surface area contributed by atoms with Gasteiger partial charge in [0, 0.05) is 31.1 Å². The van der Waals surface area contributed by atoms with Crippen LogP contribution >= 0.6 is 0 Å². The number of anilines is 1. The van der Waals surface area contributed by atoms with Gasteiger partial charge in [-0.15, -0.1) is 0 Å². The van der Waals surface area contributed by atoms with Crippen LogP contribution in [0.25, 0.3) is 0 Å². The van der Waals surface area contributed by atoms with E-state index in [1.54, 1.807) is 6.07 Å². The normalized spacial score (nSPS) is 13.8. The fourth-order valence-electron chi connectivity index (χ4n) is 2.87. The molecule has 2 aromatic carbocycles. The summed E-state index contributed by atoms with van der Waals surface area (Å²) in [5.74, 6) is 1.10. The molecule has 0 radical (unpaired) electrons. The van der Waals surface area contributed by atoms with Crippen LogP contribution in [0.4, 0.5) is 5.69 Å². The maximum atomic E-state index is 12.5. The molecule has 2 aromatic rings. The minimum atomic E-state index is -3.75. The number of ether oxygens (including phenoxy) is 2. The van der Waals surface area contributed by atoms with Crippen molar-refractivity contribution in [2.45, 2.75) is 37.5 Å². The van der Waals surface area contributed by atoms with Crippen molar-refractivity contribution >= 4 is 21.6 Å². The van der Waals surface area contributed by atoms with Crippen LogP contribution in [0, 0.1) is 0 Å². The Morgan fingerprint density at radius 2 is 1.72 bits per heavy atom. The molecule has 0 bridgehead atoms. The van der Waals surface area contributed by atoms with Crippen molar-refractivity contribution in [2.24, 2.45) is 0 Å². The molecule has 1 amide bonds. The van der Waals surface area contributed by atoms with Gasteiger partial charge in [0.05, 0.1) is 18.1 Å². The zero-order valence-electron chi connectivity index (χ0n) is 16.6. The standard InChI is InChI=1S/C21H26N2O5S/c1-15(2)16-4-6-17(7-5-16)23-21(24)10-11-22-29(25,26)18-8-9-19-20(14-18)28-13-3-12-27-19/h4-9,14-15,22H,3,10-13H2,1-2H3,(H,23,24). The summed E-state index contributed by atoms with van der Waals surface area (Å²) in [6.07, 6.45) is 0.764. The predicted octanol–water partition coefficient (Wildman–Crippen LogP) is 3.28. The molecule has 0 saturated carbocycles. The number of hydrogen-bond donors (Lipinski definition) is 2. The van der Waals surface area contributed by atoms with Crippen LogP contribution in [-0.2, 0) is 14.8 Å². The lowest BCUT2D eigenvalue weighted by molar-refractivity contribution is -0.116. The second-order valence-electron chi connectivity index (χ2n) is 7.13. The van der Waals surface area contributed by atoms with Gasteiger partial charge >= 0.3 is 0 Å². The van der Waals surface area contributed by atoms with Gasteiger partial charge in [-0.25, -0.2) is 13.1 Å². The third-order valence-electron chi connectivity index (χ3n) is 4.53. The van der Waals surface area contributed by atoms with Crippen molar-refractivity contribution in [3.8, 4) is 11.5 Å². The topological polar surface area (TPSA) is 93.7 Å². The fourth-order valence-corrected chi connectivity index (χ4v) is 3.91. The first kappa shape index (κ1) is 21.1. The van der Waals surface area contributed by atoms with Crippen LogP contribution < -0.4 is 19.5 Å². The van der Waals surface area contributed by atoms with Gasteiger partial charge in [-0.1, -0.05) is 26.0 Å². The molecule has 1 aliphatic heterocycles. The van der Waals surface area contributed by atoms with Crippen LogP contribution in [0.15, 0.2) is 47.4 Å². The summed E-state index contributed by atoms with van der Waals surface area (Å²) in [5.41, 5.74) is 1.87. The van der Waals surface area contributed by atoms with Gasteiger partial charge in [0.15, 0.2) is 11.5 Å². The van der Waals surface area contributed by atoms with Crippen molar-refractivity contribution in [2.75, 3.05) is 25.1 Å². The molecule has 7 nitrogen and oxygen atoms in total. The summed E-state index contributed by atoms with van der Waals surface area (Å²) in [5, 5.41) is 2.77. The number of carbonyl (C=O) groups is 1. The highest BCUT2D eigenvalue weighted by molar-refractivity contribution is 7.89. The summed E-state index contributed by atoms with van der Waals surface area (Å²) < 4.78 is 38.5. The van der Waals surface area contributed by atoms with E-state index in [1.807, 2.05) is 24.3 Å².